The van der Waals surface area contributed by atoms with Crippen LogP contribution in [0, 0.1) is 14.9 Å². The molecule has 140 valence electrons. The highest BCUT2D eigenvalue weighted by atomic mass is 127. The van der Waals surface area contributed by atoms with Crippen molar-refractivity contribution in [3.63, 3.8) is 0 Å². The van der Waals surface area contributed by atoms with E-state index in [1.54, 1.807) is 12.1 Å². The molecule has 1 aromatic heterocycles. The maximum atomic E-state index is 11.9. The monoisotopic (exact) mass is 493 g/mol. The van der Waals surface area contributed by atoms with Crippen LogP contribution in [0.3, 0.4) is 0 Å². The summed E-state index contributed by atoms with van der Waals surface area (Å²) in [6.07, 6.45) is 0.564. The molecular formula is C20H20IN3O2S. The van der Waals surface area contributed by atoms with Crippen molar-refractivity contribution in [1.82, 2.24) is 4.57 Å². The van der Waals surface area contributed by atoms with Gasteiger partial charge in [-0.3, -0.25) is 4.72 Å². The molecule has 0 aliphatic carbocycles. The zero-order valence-corrected chi connectivity index (χ0v) is 18.1. The molecule has 0 saturated carbocycles. The van der Waals surface area contributed by atoms with E-state index in [-0.39, 0.29) is 5.75 Å². The third-order valence-corrected chi connectivity index (χ3v) is 6.52. The van der Waals surface area contributed by atoms with Crippen LogP contribution in [0.15, 0.2) is 42.5 Å². The molecule has 0 unspecified atom stereocenters. The molecule has 3 aromatic rings. The Hall–Kier alpha value is -2.05. The van der Waals surface area contributed by atoms with Gasteiger partial charge in [-0.15, -0.1) is 0 Å². The number of nitrogens with one attached hydrogen (secondary N) is 1. The van der Waals surface area contributed by atoms with E-state index in [9.17, 15) is 13.7 Å². The van der Waals surface area contributed by atoms with E-state index in [1.165, 1.54) is 0 Å². The van der Waals surface area contributed by atoms with Gasteiger partial charge in [0.1, 0.15) is 6.07 Å². The van der Waals surface area contributed by atoms with E-state index in [4.69, 9.17) is 0 Å². The van der Waals surface area contributed by atoms with Crippen LogP contribution in [0.25, 0.3) is 22.2 Å². The second-order valence-electron chi connectivity index (χ2n) is 6.24. The number of hydrogen-bond donors (Lipinski definition) is 1. The van der Waals surface area contributed by atoms with Crippen LogP contribution < -0.4 is 4.72 Å². The quantitative estimate of drug-likeness (QED) is 0.494. The Labute approximate surface area is 173 Å². The second-order valence-corrected chi connectivity index (χ2v) is 9.33. The van der Waals surface area contributed by atoms with Crippen molar-refractivity contribution in [3.05, 3.63) is 51.6 Å². The van der Waals surface area contributed by atoms with E-state index >= 15 is 0 Å². The van der Waals surface area contributed by atoms with Gasteiger partial charge in [-0.25, -0.2) is 8.42 Å². The normalized spacial score (nSPS) is 11.5. The first-order valence-electron chi connectivity index (χ1n) is 8.73. The molecule has 0 amide bonds. The molecule has 0 radical (unpaired) electrons. The number of rotatable bonds is 6. The van der Waals surface area contributed by atoms with Gasteiger partial charge in [0.05, 0.1) is 17.0 Å². The van der Waals surface area contributed by atoms with Crippen LogP contribution in [0.1, 0.15) is 25.8 Å². The number of nitriles is 1. The van der Waals surface area contributed by atoms with Crippen LogP contribution in [0.4, 0.5) is 5.69 Å². The Morgan fingerprint density at radius 1 is 1.15 bits per heavy atom. The molecular weight excluding hydrogens is 473 g/mol. The summed E-state index contributed by atoms with van der Waals surface area (Å²) in [7, 11) is -3.32. The molecule has 0 aliphatic rings. The molecule has 7 heteroatoms. The molecule has 1 heterocycles. The Morgan fingerprint density at radius 2 is 1.85 bits per heavy atom. The third kappa shape index (κ3) is 3.96. The van der Waals surface area contributed by atoms with E-state index < -0.39 is 10.0 Å². The highest BCUT2D eigenvalue weighted by Crippen LogP contribution is 2.34. The van der Waals surface area contributed by atoms with Crippen molar-refractivity contribution in [3.8, 4) is 17.3 Å². The van der Waals surface area contributed by atoms with Gasteiger partial charge in [0, 0.05) is 26.7 Å². The van der Waals surface area contributed by atoms with Crippen LogP contribution in [-0.2, 0) is 16.6 Å². The largest absolute Gasteiger partial charge is 0.340 e. The van der Waals surface area contributed by atoms with Gasteiger partial charge in [0.25, 0.3) is 0 Å². The van der Waals surface area contributed by atoms with Gasteiger partial charge in [-0.2, -0.15) is 5.26 Å². The fourth-order valence-corrected chi connectivity index (χ4v) is 4.89. The molecule has 27 heavy (non-hydrogen) atoms. The fraction of sp³-hybridized carbons (Fsp3) is 0.250. The first-order valence-corrected chi connectivity index (χ1v) is 11.5. The molecule has 3 rings (SSSR count). The summed E-state index contributed by atoms with van der Waals surface area (Å²) in [6.45, 7) is 4.62. The van der Waals surface area contributed by atoms with E-state index in [1.807, 2.05) is 37.3 Å². The summed E-state index contributed by atoms with van der Waals surface area (Å²) in [5, 5.41) is 10.7. The van der Waals surface area contributed by atoms with Crippen LogP contribution >= 0.6 is 22.6 Å². The Kier molecular flexibility index (Phi) is 5.77. The topological polar surface area (TPSA) is 74.9 Å². The first-order chi connectivity index (χ1) is 12.9. The summed E-state index contributed by atoms with van der Waals surface area (Å²) in [6, 6.07) is 15.6. The number of fused-ring (bicyclic) bond motifs is 1. The molecule has 0 atom stereocenters. The van der Waals surface area contributed by atoms with Crippen LogP contribution in [0.5, 0.6) is 0 Å². The van der Waals surface area contributed by atoms with Crippen molar-refractivity contribution >= 4 is 49.2 Å². The van der Waals surface area contributed by atoms with Gasteiger partial charge in [-0.05, 0) is 71.8 Å². The molecule has 1 N–H and O–H groups in total. The minimum absolute atomic E-state index is 0.0933. The number of benzene rings is 2. The molecule has 0 spiro atoms. The van der Waals surface area contributed by atoms with Crippen molar-refractivity contribution in [2.75, 3.05) is 10.5 Å². The highest BCUT2D eigenvalue weighted by molar-refractivity contribution is 14.1. The Balaban J connectivity index is 2.09. The van der Waals surface area contributed by atoms with Gasteiger partial charge in [0.2, 0.25) is 10.0 Å². The van der Waals surface area contributed by atoms with E-state index in [0.29, 0.717) is 17.7 Å². The smallest absolute Gasteiger partial charge is 0.232 e. The number of aryl methyl sites for hydroxylation is 1. The average Bonchev–Trinajstić information content (AvgIpc) is 2.94. The lowest BCUT2D eigenvalue weighted by molar-refractivity contribution is 0.600. The third-order valence-electron chi connectivity index (χ3n) is 4.36. The SMILES string of the molecule is CCCS(=O)(=O)Nc1ccc(-c2c(C#N)c3cc(I)ccc3n2CC)cc1. The first kappa shape index (κ1) is 19.7. The number of nitrogens with zero attached hydrogens (tertiary/aromatic N) is 2. The molecule has 0 fully saturated rings. The highest BCUT2D eigenvalue weighted by Gasteiger charge is 2.18. The lowest BCUT2D eigenvalue weighted by atomic mass is 10.1. The van der Waals surface area contributed by atoms with Crippen LogP contribution in [-0.4, -0.2) is 18.7 Å². The standard InChI is InChI=1S/C20H20IN3O2S/c1-3-11-27(25,26)23-16-8-5-14(6-9-16)20-18(13-22)17-12-15(21)7-10-19(17)24(20)4-2/h5-10,12,23H,3-4,11H2,1-2H3. The minimum atomic E-state index is -3.32. The molecule has 0 aliphatic heterocycles. The lowest BCUT2D eigenvalue weighted by Gasteiger charge is -2.11. The summed E-state index contributed by atoms with van der Waals surface area (Å²) >= 11 is 2.25. The van der Waals surface area contributed by atoms with Crippen molar-refractivity contribution in [2.45, 2.75) is 26.8 Å². The number of halogens is 1. The number of aromatic nitrogens is 1. The van der Waals surface area contributed by atoms with E-state index in [0.717, 1.165) is 32.3 Å². The Morgan fingerprint density at radius 3 is 2.44 bits per heavy atom. The second kappa shape index (κ2) is 7.90. The predicted molar refractivity (Wildman–Crippen MR) is 118 cm³/mol. The van der Waals surface area contributed by atoms with E-state index in [2.05, 4.69) is 44.9 Å². The summed E-state index contributed by atoms with van der Waals surface area (Å²) in [5.41, 5.74) is 3.94. The van der Waals surface area contributed by atoms with Crippen molar-refractivity contribution < 1.29 is 8.42 Å². The average molecular weight is 493 g/mol. The van der Waals surface area contributed by atoms with Crippen molar-refractivity contribution in [2.24, 2.45) is 0 Å². The van der Waals surface area contributed by atoms with Crippen molar-refractivity contribution in [1.29, 1.82) is 5.26 Å². The number of anilines is 1. The van der Waals surface area contributed by atoms with Gasteiger partial charge in [0.15, 0.2) is 0 Å². The van der Waals surface area contributed by atoms with Crippen LogP contribution in [0.2, 0.25) is 0 Å². The zero-order chi connectivity index (χ0) is 19.6. The number of hydrogen-bond acceptors (Lipinski definition) is 3. The summed E-state index contributed by atoms with van der Waals surface area (Å²) in [5.74, 6) is 0.0933. The predicted octanol–water partition coefficient (Wildman–Crippen LogP) is 4.96. The summed E-state index contributed by atoms with van der Waals surface area (Å²) in [4.78, 5) is 0. The zero-order valence-electron chi connectivity index (χ0n) is 15.2. The van der Waals surface area contributed by atoms with Gasteiger partial charge < -0.3 is 4.57 Å². The van der Waals surface area contributed by atoms with Gasteiger partial charge >= 0.3 is 0 Å². The molecule has 2 aromatic carbocycles. The molecule has 0 bridgehead atoms. The minimum Gasteiger partial charge on any atom is -0.340 e. The molecule has 5 nitrogen and oxygen atoms in total. The molecule has 0 saturated heterocycles. The maximum absolute atomic E-state index is 11.9. The number of sulfonamides is 1. The Bertz CT molecular complexity index is 1130. The van der Waals surface area contributed by atoms with Gasteiger partial charge in [-0.1, -0.05) is 19.1 Å². The maximum Gasteiger partial charge on any atom is 0.232 e. The fourth-order valence-electron chi connectivity index (χ4n) is 3.26. The lowest BCUT2D eigenvalue weighted by Crippen LogP contribution is -2.15. The summed E-state index contributed by atoms with van der Waals surface area (Å²) < 4.78 is 29.7.